The van der Waals surface area contributed by atoms with Gasteiger partial charge >= 0.3 is 0 Å². The molecule has 1 aliphatic rings. The molecule has 224 valence electrons. The monoisotopic (exact) mass is 616 g/mol. The number of nitrogens with zero attached hydrogens (tertiary/aromatic N) is 8. The van der Waals surface area contributed by atoms with Gasteiger partial charge in [-0.1, -0.05) is 66.7 Å². The molecular weight excluding hydrogens is 592 g/mol. The van der Waals surface area contributed by atoms with Crippen LogP contribution in [0, 0.1) is 0 Å². The highest BCUT2D eigenvalue weighted by atomic mass is 15.2. The Morgan fingerprint density at radius 1 is 0.500 bits per heavy atom. The molecule has 8 heteroatoms. The van der Waals surface area contributed by atoms with Crippen molar-refractivity contribution in [3.63, 3.8) is 0 Å². The average Bonchev–Trinajstić information content (AvgIpc) is 3.51. The molecule has 0 amide bonds. The van der Waals surface area contributed by atoms with Crippen molar-refractivity contribution in [2.75, 3.05) is 4.90 Å². The van der Waals surface area contributed by atoms with Gasteiger partial charge in [0, 0.05) is 40.3 Å². The van der Waals surface area contributed by atoms with Gasteiger partial charge in [0.2, 0.25) is 5.95 Å². The molecule has 0 aliphatic carbocycles. The molecule has 5 aromatic heterocycles. The minimum Gasteiger partial charge on any atom is -0.307 e. The van der Waals surface area contributed by atoms with Gasteiger partial charge in [-0.05, 0) is 65.5 Å². The standard InChI is InChI=1S/C40H24N8/c1-2-17-32-29(13-1)36-34(48(32)40-45-38(30-15-3-5-22-42-30)44-39(46-40)31-16-4-6-23-43-31)20-19-28-27-14-7-10-25-11-8-18-33(35(25)27)47(37(28)36)26-12-9-21-41-24-26/h1-24H. The van der Waals surface area contributed by atoms with Gasteiger partial charge in [0.05, 0.1) is 34.3 Å². The summed E-state index contributed by atoms with van der Waals surface area (Å²) in [4.78, 5) is 31.0. The van der Waals surface area contributed by atoms with Crippen molar-refractivity contribution >= 4 is 49.6 Å². The van der Waals surface area contributed by atoms with Crippen LogP contribution in [0.1, 0.15) is 0 Å². The zero-order chi connectivity index (χ0) is 31.6. The van der Waals surface area contributed by atoms with E-state index in [4.69, 9.17) is 15.0 Å². The Kier molecular flexibility index (Phi) is 5.71. The Balaban J connectivity index is 1.33. The molecule has 8 nitrogen and oxygen atoms in total. The van der Waals surface area contributed by atoms with E-state index in [0.29, 0.717) is 29.0 Å². The number of benzene rings is 4. The van der Waals surface area contributed by atoms with Crippen LogP contribution in [0.2, 0.25) is 0 Å². The first-order valence-electron chi connectivity index (χ1n) is 15.7. The fourth-order valence-corrected chi connectivity index (χ4v) is 7.00. The normalized spacial score (nSPS) is 12.1. The second kappa shape index (κ2) is 10.4. The topological polar surface area (TPSA) is 85.5 Å². The fraction of sp³-hybridized carbons (Fsp3) is 0. The fourth-order valence-electron chi connectivity index (χ4n) is 7.00. The van der Waals surface area contributed by atoms with E-state index in [0.717, 1.165) is 44.4 Å². The number of para-hydroxylation sites is 1. The van der Waals surface area contributed by atoms with Crippen LogP contribution in [-0.2, 0) is 0 Å². The van der Waals surface area contributed by atoms with Gasteiger partial charge in [-0.25, -0.2) is 4.98 Å². The number of aromatic nitrogens is 7. The summed E-state index contributed by atoms with van der Waals surface area (Å²) in [7, 11) is 0. The van der Waals surface area contributed by atoms with E-state index in [1.54, 1.807) is 12.4 Å². The van der Waals surface area contributed by atoms with E-state index in [1.807, 2.05) is 54.9 Å². The first kappa shape index (κ1) is 26.4. The van der Waals surface area contributed by atoms with E-state index in [9.17, 15) is 0 Å². The summed E-state index contributed by atoms with van der Waals surface area (Å²) in [5.41, 5.74) is 8.81. The minimum absolute atomic E-state index is 0.475. The molecular formula is C40H24N8. The summed E-state index contributed by atoms with van der Waals surface area (Å²) in [5, 5.41) is 4.60. The van der Waals surface area contributed by atoms with Crippen molar-refractivity contribution in [2.45, 2.75) is 0 Å². The van der Waals surface area contributed by atoms with E-state index in [-0.39, 0.29) is 0 Å². The number of hydrogen-bond donors (Lipinski definition) is 0. The number of pyridine rings is 3. The van der Waals surface area contributed by atoms with Gasteiger partial charge in [0.1, 0.15) is 11.4 Å². The number of anilines is 3. The SMILES string of the molecule is c1ccc(-c2nc(-c3ccccn3)nc(-n3c4ccccc4c4c5c(ccc43)-c3cccc4cccc(c34)N5c3cccnc3)n2)nc1. The van der Waals surface area contributed by atoms with Gasteiger partial charge < -0.3 is 4.90 Å². The lowest BCUT2D eigenvalue weighted by atomic mass is 9.89. The highest BCUT2D eigenvalue weighted by molar-refractivity contribution is 6.24. The van der Waals surface area contributed by atoms with Crippen LogP contribution in [0.15, 0.2) is 146 Å². The van der Waals surface area contributed by atoms with Crippen LogP contribution < -0.4 is 4.90 Å². The predicted octanol–water partition coefficient (Wildman–Crippen LogP) is 9.09. The summed E-state index contributed by atoms with van der Waals surface area (Å²) >= 11 is 0. The molecule has 0 saturated carbocycles. The Morgan fingerprint density at radius 3 is 1.98 bits per heavy atom. The van der Waals surface area contributed by atoms with Crippen LogP contribution in [0.5, 0.6) is 0 Å². The maximum atomic E-state index is 5.06. The third kappa shape index (κ3) is 3.89. The summed E-state index contributed by atoms with van der Waals surface area (Å²) in [6.45, 7) is 0. The maximum Gasteiger partial charge on any atom is 0.238 e. The van der Waals surface area contributed by atoms with Crippen LogP contribution in [0.3, 0.4) is 0 Å². The molecule has 0 unspecified atom stereocenters. The van der Waals surface area contributed by atoms with Gasteiger partial charge in [-0.2, -0.15) is 9.97 Å². The molecule has 48 heavy (non-hydrogen) atoms. The summed E-state index contributed by atoms with van der Waals surface area (Å²) in [5.74, 6) is 1.44. The second-order valence-electron chi connectivity index (χ2n) is 11.6. The second-order valence-corrected chi connectivity index (χ2v) is 11.6. The van der Waals surface area contributed by atoms with Gasteiger partial charge in [-0.3, -0.25) is 19.5 Å². The van der Waals surface area contributed by atoms with E-state index < -0.39 is 0 Å². The van der Waals surface area contributed by atoms with E-state index in [1.165, 1.54) is 16.3 Å². The summed E-state index contributed by atoms with van der Waals surface area (Å²) in [6.07, 6.45) is 7.24. The molecule has 9 aromatic rings. The van der Waals surface area contributed by atoms with Crippen LogP contribution in [0.25, 0.3) is 72.7 Å². The highest BCUT2D eigenvalue weighted by Crippen LogP contribution is 2.54. The van der Waals surface area contributed by atoms with Crippen molar-refractivity contribution in [2.24, 2.45) is 0 Å². The molecule has 1 aliphatic heterocycles. The van der Waals surface area contributed by atoms with Gasteiger partial charge in [-0.15, -0.1) is 0 Å². The Bertz CT molecular complexity index is 2610. The minimum atomic E-state index is 0.475. The van der Waals surface area contributed by atoms with Crippen molar-refractivity contribution in [3.8, 4) is 40.1 Å². The Hall–Kier alpha value is -6.80. The number of hydrogen-bond acceptors (Lipinski definition) is 7. The third-order valence-electron chi connectivity index (χ3n) is 8.96. The zero-order valence-electron chi connectivity index (χ0n) is 25.4. The molecule has 10 rings (SSSR count). The van der Waals surface area contributed by atoms with Crippen LogP contribution in [-0.4, -0.2) is 34.5 Å². The first-order chi connectivity index (χ1) is 23.8. The highest BCUT2D eigenvalue weighted by Gasteiger charge is 2.30. The predicted molar refractivity (Wildman–Crippen MR) is 190 cm³/mol. The lowest BCUT2D eigenvalue weighted by Gasteiger charge is -2.34. The largest absolute Gasteiger partial charge is 0.307 e. The molecule has 0 spiro atoms. The van der Waals surface area contributed by atoms with Gasteiger partial charge in [0.25, 0.3) is 0 Å². The van der Waals surface area contributed by atoms with Crippen molar-refractivity contribution in [1.82, 2.24) is 34.5 Å². The van der Waals surface area contributed by atoms with Crippen LogP contribution in [0.4, 0.5) is 17.1 Å². The lowest BCUT2D eigenvalue weighted by Crippen LogP contribution is -2.15. The summed E-state index contributed by atoms with van der Waals surface area (Å²) in [6, 6.07) is 41.5. The molecule has 0 saturated heterocycles. The van der Waals surface area contributed by atoms with E-state index >= 15 is 0 Å². The Labute approximate surface area is 274 Å². The van der Waals surface area contributed by atoms with E-state index in [2.05, 4.69) is 103 Å². The maximum absolute atomic E-state index is 5.06. The van der Waals surface area contributed by atoms with Crippen LogP contribution >= 0.6 is 0 Å². The molecule has 0 N–H and O–H groups in total. The lowest BCUT2D eigenvalue weighted by molar-refractivity contribution is 0.943. The molecule has 0 radical (unpaired) electrons. The molecule has 0 bridgehead atoms. The smallest absolute Gasteiger partial charge is 0.238 e. The van der Waals surface area contributed by atoms with Gasteiger partial charge in [0.15, 0.2) is 11.6 Å². The van der Waals surface area contributed by atoms with Crippen molar-refractivity contribution < 1.29 is 0 Å². The quantitative estimate of drug-likeness (QED) is 0.195. The third-order valence-corrected chi connectivity index (χ3v) is 8.96. The van der Waals surface area contributed by atoms with Crippen molar-refractivity contribution in [3.05, 3.63) is 146 Å². The van der Waals surface area contributed by atoms with Crippen molar-refractivity contribution in [1.29, 1.82) is 0 Å². The molecule has 6 heterocycles. The number of fused-ring (bicyclic) bond motifs is 6. The molecule has 4 aromatic carbocycles. The molecule has 0 atom stereocenters. The zero-order valence-corrected chi connectivity index (χ0v) is 25.4. The first-order valence-corrected chi connectivity index (χ1v) is 15.7. The number of rotatable bonds is 4. The molecule has 0 fully saturated rings. The Morgan fingerprint density at radius 2 is 1.25 bits per heavy atom. The summed E-state index contributed by atoms with van der Waals surface area (Å²) < 4.78 is 2.13. The average molecular weight is 617 g/mol.